The van der Waals surface area contributed by atoms with Crippen molar-refractivity contribution in [3.8, 4) is 0 Å². The molecule has 0 aliphatic rings. The van der Waals surface area contributed by atoms with Gasteiger partial charge < -0.3 is 9.47 Å². The van der Waals surface area contributed by atoms with Crippen molar-refractivity contribution in [1.82, 2.24) is 0 Å². The minimum Gasteiger partial charge on any atom is -0.465 e. The van der Waals surface area contributed by atoms with Gasteiger partial charge in [-0.3, -0.25) is 9.59 Å². The Hall–Kier alpha value is -1.84. The monoisotopic (exact) mass is 278 g/mol. The summed E-state index contributed by atoms with van der Waals surface area (Å²) >= 11 is 0. The Morgan fingerprint density at radius 1 is 0.950 bits per heavy atom. The predicted octanol–water partition coefficient (Wildman–Crippen LogP) is 2.63. The third-order valence-electron chi connectivity index (χ3n) is 3.31. The molecule has 0 radical (unpaired) electrons. The highest BCUT2D eigenvalue weighted by atomic mass is 16.6. The largest absolute Gasteiger partial charge is 0.465 e. The molecule has 1 aromatic rings. The maximum Gasteiger partial charge on any atom is 0.327 e. The minimum absolute atomic E-state index is 0.223. The van der Waals surface area contributed by atoms with Gasteiger partial charge in [-0.05, 0) is 38.3 Å². The smallest absolute Gasteiger partial charge is 0.327 e. The van der Waals surface area contributed by atoms with Crippen LogP contribution in [0, 0.1) is 0 Å². The first-order valence-electron chi connectivity index (χ1n) is 6.94. The number of ether oxygens (including phenoxy) is 2. The molecule has 0 saturated carbocycles. The maximum absolute atomic E-state index is 12.2. The van der Waals surface area contributed by atoms with Gasteiger partial charge in [0, 0.05) is 0 Å². The third-order valence-corrected chi connectivity index (χ3v) is 3.31. The van der Waals surface area contributed by atoms with Gasteiger partial charge in [0.05, 0.1) is 13.2 Å². The van der Waals surface area contributed by atoms with Crippen LogP contribution in [0.3, 0.4) is 0 Å². The summed E-state index contributed by atoms with van der Waals surface area (Å²) in [4.78, 5) is 24.4. The molecule has 0 aliphatic heterocycles. The number of hydrogen-bond acceptors (Lipinski definition) is 4. The van der Waals surface area contributed by atoms with Gasteiger partial charge in [0.2, 0.25) is 0 Å². The Kier molecular flexibility index (Phi) is 5.74. The molecule has 0 unspecified atom stereocenters. The summed E-state index contributed by atoms with van der Waals surface area (Å²) in [6, 6.07) is 7.39. The average molecular weight is 278 g/mol. The zero-order valence-corrected chi connectivity index (χ0v) is 12.6. The SMILES string of the molecule is CCOC(=O)C(C)(C(=O)OCC)c1ccc(CC)cc1. The van der Waals surface area contributed by atoms with Crippen molar-refractivity contribution in [2.24, 2.45) is 0 Å². The molecule has 4 nitrogen and oxygen atoms in total. The van der Waals surface area contributed by atoms with Crippen LogP contribution in [0.1, 0.15) is 38.8 Å². The van der Waals surface area contributed by atoms with Gasteiger partial charge in [0.1, 0.15) is 0 Å². The Balaban J connectivity index is 3.20. The first-order chi connectivity index (χ1) is 9.50. The minimum atomic E-state index is -1.42. The summed E-state index contributed by atoms with van der Waals surface area (Å²) in [5.74, 6) is -1.16. The van der Waals surface area contributed by atoms with Crippen molar-refractivity contribution in [2.75, 3.05) is 13.2 Å². The molecule has 0 N–H and O–H groups in total. The lowest BCUT2D eigenvalue weighted by molar-refractivity contribution is -0.163. The van der Waals surface area contributed by atoms with Crippen LogP contribution in [0.15, 0.2) is 24.3 Å². The molecule has 0 bridgehead atoms. The first-order valence-corrected chi connectivity index (χ1v) is 6.94. The molecule has 1 aromatic carbocycles. The van der Waals surface area contributed by atoms with Crippen molar-refractivity contribution < 1.29 is 19.1 Å². The normalized spacial score (nSPS) is 11.0. The molecule has 0 aliphatic carbocycles. The van der Waals surface area contributed by atoms with E-state index in [1.165, 1.54) is 0 Å². The van der Waals surface area contributed by atoms with Gasteiger partial charge in [0.25, 0.3) is 0 Å². The van der Waals surface area contributed by atoms with E-state index in [1.807, 2.05) is 19.1 Å². The highest BCUT2D eigenvalue weighted by molar-refractivity contribution is 6.05. The van der Waals surface area contributed by atoms with E-state index in [0.29, 0.717) is 5.56 Å². The van der Waals surface area contributed by atoms with Gasteiger partial charge in [-0.25, -0.2) is 0 Å². The second-order valence-electron chi connectivity index (χ2n) is 4.62. The Morgan fingerprint density at radius 3 is 1.75 bits per heavy atom. The number of aryl methyl sites for hydroxylation is 1. The molecular formula is C16H22O4. The third kappa shape index (κ3) is 3.18. The fourth-order valence-electron chi connectivity index (χ4n) is 1.94. The highest BCUT2D eigenvalue weighted by Gasteiger charge is 2.46. The van der Waals surface area contributed by atoms with Crippen LogP contribution in [0.5, 0.6) is 0 Å². The summed E-state index contributed by atoms with van der Waals surface area (Å²) in [5, 5.41) is 0. The molecule has 0 heterocycles. The van der Waals surface area contributed by atoms with Crippen LogP contribution in [0.25, 0.3) is 0 Å². The Bertz CT molecular complexity index is 444. The van der Waals surface area contributed by atoms with Gasteiger partial charge >= 0.3 is 11.9 Å². The second kappa shape index (κ2) is 7.08. The molecule has 0 amide bonds. The van der Waals surface area contributed by atoms with E-state index in [4.69, 9.17) is 9.47 Å². The summed E-state index contributed by atoms with van der Waals surface area (Å²) in [5.41, 5.74) is 0.314. The fourth-order valence-corrected chi connectivity index (χ4v) is 1.94. The lowest BCUT2D eigenvalue weighted by Gasteiger charge is -2.25. The molecule has 0 atom stereocenters. The lowest BCUT2D eigenvalue weighted by Crippen LogP contribution is -2.43. The zero-order valence-electron chi connectivity index (χ0n) is 12.6. The van der Waals surface area contributed by atoms with E-state index in [2.05, 4.69) is 0 Å². The number of carbonyl (C=O) groups excluding carboxylic acids is 2. The molecule has 0 spiro atoms. The number of hydrogen-bond donors (Lipinski definition) is 0. The van der Waals surface area contributed by atoms with E-state index >= 15 is 0 Å². The van der Waals surface area contributed by atoms with Crippen LogP contribution in [-0.2, 0) is 30.9 Å². The maximum atomic E-state index is 12.2. The number of rotatable bonds is 6. The molecule has 0 aromatic heterocycles. The van der Waals surface area contributed by atoms with Gasteiger partial charge in [-0.2, -0.15) is 0 Å². The average Bonchev–Trinajstić information content (AvgIpc) is 2.47. The zero-order chi connectivity index (χ0) is 15.2. The van der Waals surface area contributed by atoms with Crippen LogP contribution in [-0.4, -0.2) is 25.2 Å². The van der Waals surface area contributed by atoms with Crippen LogP contribution in [0.4, 0.5) is 0 Å². The summed E-state index contributed by atoms with van der Waals surface area (Å²) in [6.07, 6.45) is 0.899. The number of esters is 2. The van der Waals surface area contributed by atoms with E-state index in [-0.39, 0.29) is 13.2 Å². The van der Waals surface area contributed by atoms with Gasteiger partial charge in [0.15, 0.2) is 5.41 Å². The molecule has 0 fully saturated rings. The number of benzene rings is 1. The Morgan fingerprint density at radius 2 is 1.40 bits per heavy atom. The first kappa shape index (κ1) is 16.2. The quantitative estimate of drug-likeness (QED) is 0.593. The lowest BCUT2D eigenvalue weighted by atomic mass is 9.82. The van der Waals surface area contributed by atoms with E-state index < -0.39 is 17.4 Å². The van der Waals surface area contributed by atoms with Crippen molar-refractivity contribution in [3.05, 3.63) is 35.4 Å². The Labute approximate surface area is 120 Å². The van der Waals surface area contributed by atoms with Crippen molar-refractivity contribution in [3.63, 3.8) is 0 Å². The standard InChI is InChI=1S/C16H22O4/c1-5-12-8-10-13(11-9-12)16(4,14(17)19-6-2)15(18)20-7-3/h8-11H,5-7H2,1-4H3. The topological polar surface area (TPSA) is 52.6 Å². The van der Waals surface area contributed by atoms with E-state index in [9.17, 15) is 9.59 Å². The summed E-state index contributed by atoms with van der Waals surface area (Å²) in [7, 11) is 0. The molecular weight excluding hydrogens is 256 g/mol. The van der Waals surface area contributed by atoms with Gasteiger partial charge in [-0.15, -0.1) is 0 Å². The van der Waals surface area contributed by atoms with Crippen LogP contribution >= 0.6 is 0 Å². The van der Waals surface area contributed by atoms with Crippen molar-refractivity contribution in [1.29, 1.82) is 0 Å². The summed E-state index contributed by atoms with van der Waals surface area (Å²) < 4.78 is 10.1. The summed E-state index contributed by atoms with van der Waals surface area (Å²) in [6.45, 7) is 7.46. The van der Waals surface area contributed by atoms with Crippen molar-refractivity contribution in [2.45, 2.75) is 39.5 Å². The van der Waals surface area contributed by atoms with Crippen LogP contribution < -0.4 is 0 Å². The van der Waals surface area contributed by atoms with E-state index in [1.54, 1.807) is 32.9 Å². The predicted molar refractivity (Wildman–Crippen MR) is 76.4 cm³/mol. The van der Waals surface area contributed by atoms with E-state index in [0.717, 1.165) is 12.0 Å². The molecule has 1 rings (SSSR count). The fraction of sp³-hybridized carbons (Fsp3) is 0.500. The second-order valence-corrected chi connectivity index (χ2v) is 4.62. The molecule has 4 heteroatoms. The molecule has 110 valence electrons. The van der Waals surface area contributed by atoms with Gasteiger partial charge in [-0.1, -0.05) is 31.2 Å². The van der Waals surface area contributed by atoms with Crippen molar-refractivity contribution >= 4 is 11.9 Å². The van der Waals surface area contributed by atoms with Crippen LogP contribution in [0.2, 0.25) is 0 Å². The molecule has 20 heavy (non-hydrogen) atoms. The highest BCUT2D eigenvalue weighted by Crippen LogP contribution is 2.28. The molecule has 0 saturated heterocycles. The number of carbonyl (C=O) groups is 2.